The van der Waals surface area contributed by atoms with Crippen LogP contribution >= 0.6 is 23.2 Å². The van der Waals surface area contributed by atoms with Crippen molar-refractivity contribution < 1.29 is 5.11 Å². The van der Waals surface area contributed by atoms with E-state index in [1.807, 2.05) is 18.2 Å². The van der Waals surface area contributed by atoms with Crippen LogP contribution in [0.3, 0.4) is 0 Å². The molecule has 1 aliphatic carbocycles. The monoisotopic (exact) mass is 376 g/mol. The minimum absolute atomic E-state index is 0.253. The molecule has 2 aromatic rings. The lowest BCUT2D eigenvalue weighted by atomic mass is 9.67. The number of aliphatic hydroxyl groups is 1. The Morgan fingerprint density at radius 3 is 2.56 bits per heavy atom. The number of rotatable bonds is 3. The van der Waals surface area contributed by atoms with E-state index in [2.05, 4.69) is 22.0 Å². The molecule has 2 fully saturated rings. The van der Waals surface area contributed by atoms with Crippen LogP contribution in [0.1, 0.15) is 30.4 Å². The van der Waals surface area contributed by atoms with Crippen LogP contribution in [0.5, 0.6) is 0 Å². The Bertz CT molecular complexity index is 734. The summed E-state index contributed by atoms with van der Waals surface area (Å²) in [5.41, 5.74) is 1.25. The zero-order valence-electron chi connectivity index (χ0n) is 14.0. The third-order valence-corrected chi connectivity index (χ3v) is 6.52. The second kappa shape index (κ2) is 6.88. The Morgan fingerprint density at radius 1 is 1.12 bits per heavy atom. The first-order valence-electron chi connectivity index (χ1n) is 8.86. The highest BCUT2D eigenvalue weighted by Crippen LogP contribution is 2.48. The molecule has 0 spiro atoms. The van der Waals surface area contributed by atoms with Crippen LogP contribution in [0, 0.1) is 11.8 Å². The van der Waals surface area contributed by atoms with Crippen molar-refractivity contribution in [2.75, 3.05) is 13.1 Å². The summed E-state index contributed by atoms with van der Waals surface area (Å²) in [6.45, 7) is 2.55. The lowest BCUT2D eigenvalue weighted by Gasteiger charge is -2.41. The van der Waals surface area contributed by atoms with E-state index in [4.69, 9.17) is 23.2 Å². The van der Waals surface area contributed by atoms with Crippen LogP contribution in [0.2, 0.25) is 10.0 Å². The molecule has 1 aliphatic heterocycles. The minimum atomic E-state index is -0.731. The van der Waals surface area contributed by atoms with E-state index in [0.29, 0.717) is 22.5 Å². The van der Waals surface area contributed by atoms with E-state index in [1.165, 1.54) is 6.42 Å². The van der Waals surface area contributed by atoms with E-state index in [0.717, 1.165) is 37.1 Å². The summed E-state index contributed by atoms with van der Waals surface area (Å²) in [5.74, 6) is 0.765. The number of nitrogens with zero attached hydrogens (tertiary/aromatic N) is 2. The first-order chi connectivity index (χ1) is 12.1. The zero-order chi connectivity index (χ0) is 17.4. The minimum Gasteiger partial charge on any atom is -0.385 e. The fourth-order valence-electron chi connectivity index (χ4n) is 4.64. The van der Waals surface area contributed by atoms with Crippen molar-refractivity contribution in [1.29, 1.82) is 0 Å². The first-order valence-corrected chi connectivity index (χ1v) is 9.61. The zero-order valence-corrected chi connectivity index (χ0v) is 15.5. The highest BCUT2D eigenvalue weighted by Gasteiger charge is 2.49. The third kappa shape index (κ3) is 3.19. The molecule has 1 saturated heterocycles. The molecule has 1 aromatic heterocycles. The molecular formula is C20H22Cl2N2O. The molecule has 4 rings (SSSR count). The maximum atomic E-state index is 11.5. The summed E-state index contributed by atoms with van der Waals surface area (Å²) in [5, 5.41) is 12.7. The smallest absolute Gasteiger partial charge is 0.0939 e. The molecule has 0 bridgehead atoms. The van der Waals surface area contributed by atoms with Crippen LogP contribution in [-0.4, -0.2) is 28.1 Å². The molecule has 1 N–H and O–H groups in total. The van der Waals surface area contributed by atoms with Crippen LogP contribution < -0.4 is 0 Å². The van der Waals surface area contributed by atoms with Gasteiger partial charge in [-0.3, -0.25) is 9.88 Å². The van der Waals surface area contributed by atoms with Gasteiger partial charge < -0.3 is 5.11 Å². The van der Waals surface area contributed by atoms with E-state index >= 15 is 0 Å². The topological polar surface area (TPSA) is 36.4 Å². The van der Waals surface area contributed by atoms with Gasteiger partial charge in [0.15, 0.2) is 0 Å². The second-order valence-electron chi connectivity index (χ2n) is 7.32. The van der Waals surface area contributed by atoms with Gasteiger partial charge in [0.2, 0.25) is 0 Å². The predicted octanol–water partition coefficient (Wildman–Crippen LogP) is 4.51. The highest BCUT2D eigenvalue weighted by atomic mass is 35.5. The van der Waals surface area contributed by atoms with Gasteiger partial charge in [-0.2, -0.15) is 0 Å². The fraction of sp³-hybridized carbons (Fsp3) is 0.450. The number of pyridine rings is 1. The maximum Gasteiger partial charge on any atom is 0.0939 e. The fourth-order valence-corrected chi connectivity index (χ4v) is 5.12. The number of aromatic nitrogens is 1. The number of halogens is 2. The first kappa shape index (κ1) is 17.3. The normalized spacial score (nSPS) is 29.6. The van der Waals surface area contributed by atoms with Gasteiger partial charge in [-0.25, -0.2) is 0 Å². The Morgan fingerprint density at radius 2 is 1.84 bits per heavy atom. The maximum absolute atomic E-state index is 11.5. The molecule has 5 heteroatoms. The lowest BCUT2D eigenvalue weighted by Crippen LogP contribution is -2.42. The van der Waals surface area contributed by atoms with Gasteiger partial charge >= 0.3 is 0 Å². The summed E-state index contributed by atoms with van der Waals surface area (Å²) in [6.07, 6.45) is 6.37. The van der Waals surface area contributed by atoms with Crippen molar-refractivity contribution >= 4 is 23.2 Å². The van der Waals surface area contributed by atoms with E-state index < -0.39 is 5.60 Å². The van der Waals surface area contributed by atoms with Gasteiger partial charge in [0.1, 0.15) is 0 Å². The van der Waals surface area contributed by atoms with Crippen molar-refractivity contribution in [2.45, 2.75) is 31.4 Å². The van der Waals surface area contributed by atoms with Gasteiger partial charge in [0.05, 0.1) is 15.6 Å². The van der Waals surface area contributed by atoms with Gasteiger partial charge in [0, 0.05) is 43.5 Å². The Hall–Kier alpha value is -1.13. The molecule has 2 aliphatic rings. The van der Waals surface area contributed by atoms with Gasteiger partial charge in [-0.15, -0.1) is 0 Å². The largest absolute Gasteiger partial charge is 0.385 e. The van der Waals surface area contributed by atoms with Crippen molar-refractivity contribution in [3.63, 3.8) is 0 Å². The number of hydrogen-bond acceptors (Lipinski definition) is 3. The summed E-state index contributed by atoms with van der Waals surface area (Å²) in [6, 6.07) is 10.1. The summed E-state index contributed by atoms with van der Waals surface area (Å²) in [7, 11) is 0. The second-order valence-corrected chi connectivity index (χ2v) is 8.14. The van der Waals surface area contributed by atoms with Gasteiger partial charge in [0.25, 0.3) is 0 Å². The molecule has 3 nitrogen and oxygen atoms in total. The average molecular weight is 377 g/mol. The van der Waals surface area contributed by atoms with E-state index in [1.54, 1.807) is 12.4 Å². The van der Waals surface area contributed by atoms with Crippen molar-refractivity contribution in [2.24, 2.45) is 11.8 Å². The average Bonchev–Trinajstić information content (AvgIpc) is 3.04. The van der Waals surface area contributed by atoms with Gasteiger partial charge in [-0.05, 0) is 30.7 Å². The van der Waals surface area contributed by atoms with Crippen molar-refractivity contribution in [3.05, 3.63) is 63.9 Å². The number of hydrogen-bond donors (Lipinski definition) is 1. The van der Waals surface area contributed by atoms with Crippen molar-refractivity contribution in [3.8, 4) is 0 Å². The Balaban J connectivity index is 1.57. The molecule has 132 valence electrons. The van der Waals surface area contributed by atoms with Crippen LogP contribution in [-0.2, 0) is 12.1 Å². The summed E-state index contributed by atoms with van der Waals surface area (Å²) in [4.78, 5) is 6.41. The van der Waals surface area contributed by atoms with Crippen LogP contribution in [0.4, 0.5) is 0 Å². The SMILES string of the molecule is O[C@]1(c2ccccc2)CCC[C@@H]2CN(Cc3c(Cl)cncc3Cl)C[C@@H]21. The molecular weight excluding hydrogens is 355 g/mol. The number of likely N-dealkylation sites (tertiary alicyclic amines) is 1. The number of benzene rings is 1. The predicted molar refractivity (Wildman–Crippen MR) is 101 cm³/mol. The van der Waals surface area contributed by atoms with E-state index in [9.17, 15) is 5.11 Å². The molecule has 25 heavy (non-hydrogen) atoms. The van der Waals surface area contributed by atoms with E-state index in [-0.39, 0.29) is 5.92 Å². The highest BCUT2D eigenvalue weighted by molar-refractivity contribution is 6.35. The van der Waals surface area contributed by atoms with Crippen LogP contribution in [0.25, 0.3) is 0 Å². The molecule has 0 radical (unpaired) electrons. The Labute approximate surface area is 158 Å². The lowest BCUT2D eigenvalue weighted by molar-refractivity contribution is -0.0648. The molecule has 2 heterocycles. The molecule has 1 saturated carbocycles. The van der Waals surface area contributed by atoms with Crippen LogP contribution in [0.15, 0.2) is 42.7 Å². The quantitative estimate of drug-likeness (QED) is 0.855. The summed E-state index contributed by atoms with van der Waals surface area (Å²) < 4.78 is 0. The molecule has 3 atom stereocenters. The van der Waals surface area contributed by atoms with Crippen molar-refractivity contribution in [1.82, 2.24) is 9.88 Å². The molecule has 0 amide bonds. The summed E-state index contributed by atoms with van der Waals surface area (Å²) >= 11 is 12.6. The standard InChI is InChI=1S/C20H22Cl2N2O/c21-18-9-23-10-19(22)16(18)12-24-11-14-5-4-8-20(25,17(14)13-24)15-6-2-1-3-7-15/h1-3,6-7,9-10,14,17,25H,4-5,8,11-13H2/t14-,17+,20+/m1/s1. The Kier molecular flexibility index (Phi) is 4.76. The molecule has 1 aromatic carbocycles. The molecule has 0 unspecified atom stereocenters. The third-order valence-electron chi connectivity index (χ3n) is 5.87. The van der Waals surface area contributed by atoms with Gasteiger partial charge in [-0.1, -0.05) is 53.5 Å². The number of fused-ring (bicyclic) bond motifs is 1.